The summed E-state index contributed by atoms with van der Waals surface area (Å²) in [5.41, 5.74) is -0.474. The SMILES string of the molecule is CCCC[C@@H](CCO)NC(=O)OC(C)(C)C. The highest BCUT2D eigenvalue weighted by Crippen LogP contribution is 2.09. The molecule has 0 aromatic carbocycles. The van der Waals surface area contributed by atoms with E-state index in [4.69, 9.17) is 9.84 Å². The number of nitrogens with one attached hydrogen (secondary N) is 1. The lowest BCUT2D eigenvalue weighted by Crippen LogP contribution is -2.39. The van der Waals surface area contributed by atoms with Gasteiger partial charge in [-0.1, -0.05) is 19.8 Å². The Morgan fingerprint density at radius 1 is 1.38 bits per heavy atom. The van der Waals surface area contributed by atoms with E-state index in [1.807, 2.05) is 20.8 Å². The molecule has 4 heteroatoms. The predicted octanol–water partition coefficient (Wildman–Crippen LogP) is 2.45. The van der Waals surface area contributed by atoms with Crippen LogP contribution in [-0.2, 0) is 4.74 Å². The van der Waals surface area contributed by atoms with E-state index >= 15 is 0 Å². The average Bonchev–Trinajstić information content (AvgIpc) is 2.11. The van der Waals surface area contributed by atoms with Crippen LogP contribution in [0.5, 0.6) is 0 Å². The number of rotatable bonds is 6. The number of aliphatic hydroxyl groups is 1. The van der Waals surface area contributed by atoms with E-state index in [-0.39, 0.29) is 12.6 Å². The third kappa shape index (κ3) is 8.53. The first-order valence-corrected chi connectivity index (χ1v) is 5.99. The Hall–Kier alpha value is -0.770. The second-order valence-electron chi connectivity index (χ2n) is 5.00. The molecule has 0 aliphatic heterocycles. The Balaban J connectivity index is 4.02. The lowest BCUT2D eigenvalue weighted by atomic mass is 10.1. The van der Waals surface area contributed by atoms with E-state index in [1.165, 1.54) is 0 Å². The number of alkyl carbamates (subject to hydrolysis) is 1. The molecule has 16 heavy (non-hydrogen) atoms. The standard InChI is InChI=1S/C12H25NO3/c1-5-6-7-10(8-9-14)13-11(15)16-12(2,3)4/h10,14H,5-9H2,1-4H3,(H,13,15)/t10-/m0/s1. The second kappa shape index (κ2) is 7.49. The van der Waals surface area contributed by atoms with Gasteiger partial charge in [-0.3, -0.25) is 0 Å². The maximum Gasteiger partial charge on any atom is 0.407 e. The molecule has 96 valence electrons. The normalized spacial score (nSPS) is 13.3. The van der Waals surface area contributed by atoms with Crippen molar-refractivity contribution in [2.24, 2.45) is 0 Å². The van der Waals surface area contributed by atoms with Crippen LogP contribution in [0.3, 0.4) is 0 Å². The Labute approximate surface area is 98.4 Å². The van der Waals surface area contributed by atoms with Crippen molar-refractivity contribution in [3.8, 4) is 0 Å². The van der Waals surface area contributed by atoms with Crippen molar-refractivity contribution in [1.82, 2.24) is 5.32 Å². The van der Waals surface area contributed by atoms with Gasteiger partial charge < -0.3 is 15.2 Å². The Kier molecular flexibility index (Phi) is 7.13. The zero-order chi connectivity index (χ0) is 12.6. The first-order chi connectivity index (χ1) is 7.39. The second-order valence-corrected chi connectivity index (χ2v) is 5.00. The summed E-state index contributed by atoms with van der Waals surface area (Å²) in [6.45, 7) is 7.69. The van der Waals surface area contributed by atoms with Gasteiger partial charge in [0, 0.05) is 12.6 Å². The summed E-state index contributed by atoms with van der Waals surface area (Å²) in [6.07, 6.45) is 3.19. The molecule has 0 bridgehead atoms. The molecular formula is C12H25NO3. The Bertz CT molecular complexity index is 199. The quantitative estimate of drug-likeness (QED) is 0.738. The van der Waals surface area contributed by atoms with Gasteiger partial charge in [0.2, 0.25) is 0 Å². The number of ether oxygens (including phenoxy) is 1. The molecule has 0 aliphatic carbocycles. The first kappa shape index (κ1) is 15.2. The molecule has 0 fully saturated rings. The molecule has 0 aromatic heterocycles. The fourth-order valence-corrected chi connectivity index (χ4v) is 1.37. The van der Waals surface area contributed by atoms with E-state index in [9.17, 15) is 4.79 Å². The maximum atomic E-state index is 11.5. The number of hydrogen-bond donors (Lipinski definition) is 2. The maximum absolute atomic E-state index is 11.5. The average molecular weight is 231 g/mol. The molecule has 0 unspecified atom stereocenters. The number of hydrogen-bond acceptors (Lipinski definition) is 3. The zero-order valence-corrected chi connectivity index (χ0v) is 10.9. The monoisotopic (exact) mass is 231 g/mol. The van der Waals surface area contributed by atoms with E-state index in [0.717, 1.165) is 19.3 Å². The van der Waals surface area contributed by atoms with Gasteiger partial charge in [-0.25, -0.2) is 4.79 Å². The van der Waals surface area contributed by atoms with Gasteiger partial charge in [0.05, 0.1) is 0 Å². The molecule has 0 radical (unpaired) electrons. The van der Waals surface area contributed by atoms with Crippen molar-refractivity contribution < 1.29 is 14.6 Å². The van der Waals surface area contributed by atoms with Crippen molar-refractivity contribution in [1.29, 1.82) is 0 Å². The fourth-order valence-electron chi connectivity index (χ4n) is 1.37. The molecule has 0 aliphatic rings. The van der Waals surface area contributed by atoms with Crippen LogP contribution >= 0.6 is 0 Å². The van der Waals surface area contributed by atoms with E-state index in [1.54, 1.807) is 0 Å². The smallest absolute Gasteiger partial charge is 0.407 e. The number of amides is 1. The molecule has 0 aromatic rings. The summed E-state index contributed by atoms with van der Waals surface area (Å²) in [6, 6.07) is 0.0137. The molecule has 2 N–H and O–H groups in total. The van der Waals surface area contributed by atoms with Crippen LogP contribution in [0.15, 0.2) is 0 Å². The fraction of sp³-hybridized carbons (Fsp3) is 0.917. The highest BCUT2D eigenvalue weighted by molar-refractivity contribution is 5.68. The van der Waals surface area contributed by atoms with Crippen LogP contribution in [0, 0.1) is 0 Å². The summed E-state index contributed by atoms with van der Waals surface area (Å²) < 4.78 is 5.16. The van der Waals surface area contributed by atoms with Crippen LogP contribution in [-0.4, -0.2) is 29.4 Å². The summed E-state index contributed by atoms with van der Waals surface area (Å²) in [4.78, 5) is 11.5. The highest BCUT2D eigenvalue weighted by Gasteiger charge is 2.18. The molecule has 4 nitrogen and oxygen atoms in total. The third-order valence-corrected chi connectivity index (χ3v) is 2.10. The van der Waals surface area contributed by atoms with Crippen molar-refractivity contribution in [3.63, 3.8) is 0 Å². The first-order valence-electron chi connectivity index (χ1n) is 5.99. The van der Waals surface area contributed by atoms with Crippen molar-refractivity contribution in [2.45, 2.75) is 65.0 Å². The lowest BCUT2D eigenvalue weighted by molar-refractivity contribution is 0.0494. The van der Waals surface area contributed by atoms with E-state index < -0.39 is 11.7 Å². The van der Waals surface area contributed by atoms with Gasteiger partial charge in [0.25, 0.3) is 0 Å². The molecule has 0 spiro atoms. The van der Waals surface area contributed by atoms with Crippen LogP contribution < -0.4 is 5.32 Å². The van der Waals surface area contributed by atoms with Crippen molar-refractivity contribution in [3.05, 3.63) is 0 Å². The largest absolute Gasteiger partial charge is 0.444 e. The lowest BCUT2D eigenvalue weighted by Gasteiger charge is -2.23. The molecular weight excluding hydrogens is 206 g/mol. The predicted molar refractivity (Wildman–Crippen MR) is 64.4 cm³/mol. The van der Waals surface area contributed by atoms with Gasteiger partial charge in [-0.15, -0.1) is 0 Å². The third-order valence-electron chi connectivity index (χ3n) is 2.10. The van der Waals surface area contributed by atoms with Crippen LogP contribution in [0.4, 0.5) is 4.79 Å². The van der Waals surface area contributed by atoms with Crippen LogP contribution in [0.2, 0.25) is 0 Å². The van der Waals surface area contributed by atoms with Crippen molar-refractivity contribution >= 4 is 6.09 Å². The Morgan fingerprint density at radius 3 is 2.44 bits per heavy atom. The molecule has 0 saturated carbocycles. The molecule has 0 heterocycles. The Morgan fingerprint density at radius 2 is 2.00 bits per heavy atom. The van der Waals surface area contributed by atoms with E-state index in [0.29, 0.717) is 6.42 Å². The molecule has 0 rings (SSSR count). The summed E-state index contributed by atoms with van der Waals surface area (Å²) in [7, 11) is 0. The number of carbonyl (C=O) groups is 1. The van der Waals surface area contributed by atoms with Crippen LogP contribution in [0.25, 0.3) is 0 Å². The number of unbranched alkanes of at least 4 members (excludes halogenated alkanes) is 1. The minimum atomic E-state index is -0.474. The van der Waals surface area contributed by atoms with Gasteiger partial charge in [0.1, 0.15) is 5.60 Å². The van der Waals surface area contributed by atoms with E-state index in [2.05, 4.69) is 12.2 Å². The molecule has 0 saturated heterocycles. The number of aliphatic hydroxyl groups excluding tert-OH is 1. The summed E-state index contributed by atoms with van der Waals surface area (Å²) in [5, 5.41) is 11.7. The summed E-state index contributed by atoms with van der Waals surface area (Å²) in [5.74, 6) is 0. The minimum absolute atomic E-state index is 0.0137. The zero-order valence-electron chi connectivity index (χ0n) is 10.9. The van der Waals surface area contributed by atoms with Crippen LogP contribution in [0.1, 0.15) is 53.4 Å². The molecule has 1 atom stereocenters. The van der Waals surface area contributed by atoms with Gasteiger partial charge in [-0.2, -0.15) is 0 Å². The number of carbonyl (C=O) groups excluding carboxylic acids is 1. The topological polar surface area (TPSA) is 58.6 Å². The van der Waals surface area contributed by atoms with Gasteiger partial charge in [0.15, 0.2) is 0 Å². The van der Waals surface area contributed by atoms with Crippen molar-refractivity contribution in [2.75, 3.05) is 6.61 Å². The van der Waals surface area contributed by atoms with Gasteiger partial charge in [-0.05, 0) is 33.6 Å². The minimum Gasteiger partial charge on any atom is -0.444 e. The summed E-state index contributed by atoms with van der Waals surface area (Å²) >= 11 is 0. The highest BCUT2D eigenvalue weighted by atomic mass is 16.6. The molecule has 1 amide bonds. The van der Waals surface area contributed by atoms with Gasteiger partial charge >= 0.3 is 6.09 Å².